The van der Waals surface area contributed by atoms with E-state index in [0.29, 0.717) is 17.9 Å². The third kappa shape index (κ3) is 12.6. The molecule has 1 saturated heterocycles. The first-order valence-electron chi connectivity index (χ1n) is 16.4. The molecule has 7 heteroatoms. The van der Waals surface area contributed by atoms with E-state index in [-0.39, 0.29) is 31.0 Å². The predicted molar refractivity (Wildman–Crippen MR) is 169 cm³/mol. The first-order valence-corrected chi connectivity index (χ1v) is 16.4. The molecule has 0 saturated carbocycles. The van der Waals surface area contributed by atoms with Gasteiger partial charge in [-0.05, 0) is 93.7 Å². The number of carbonyl (C=O) groups is 2. The molecule has 0 radical (unpaired) electrons. The van der Waals surface area contributed by atoms with Crippen molar-refractivity contribution in [3.8, 4) is 0 Å². The molecule has 1 aromatic carbocycles. The molecule has 240 valence electrons. The van der Waals surface area contributed by atoms with Gasteiger partial charge in [0, 0.05) is 17.4 Å². The summed E-state index contributed by atoms with van der Waals surface area (Å²) >= 11 is 0. The van der Waals surface area contributed by atoms with Crippen LogP contribution in [0.25, 0.3) is 0 Å². The number of fused-ring (bicyclic) bond motifs is 1. The topological polar surface area (TPSA) is 91.3 Å². The van der Waals surface area contributed by atoms with E-state index in [1.165, 1.54) is 56.9 Å². The second-order valence-electron chi connectivity index (χ2n) is 12.6. The summed E-state index contributed by atoms with van der Waals surface area (Å²) in [6, 6.07) is 7.20. The van der Waals surface area contributed by atoms with Crippen molar-refractivity contribution in [2.24, 2.45) is 17.8 Å². The summed E-state index contributed by atoms with van der Waals surface area (Å²) in [7, 11) is 0. The van der Waals surface area contributed by atoms with Crippen molar-refractivity contribution in [2.75, 3.05) is 33.0 Å². The van der Waals surface area contributed by atoms with Gasteiger partial charge in [0.05, 0.1) is 38.6 Å². The molecule has 0 amide bonds. The molecule has 0 spiro atoms. The number of unbranched alkanes of at least 4 members (excludes halogenated alkanes) is 3. The lowest BCUT2D eigenvalue weighted by Gasteiger charge is -2.31. The summed E-state index contributed by atoms with van der Waals surface area (Å²) in [4.78, 5) is 23.7. The van der Waals surface area contributed by atoms with Crippen molar-refractivity contribution in [3.63, 3.8) is 0 Å². The molecule has 2 aliphatic rings. The monoisotopic (exact) mass is 598 g/mol. The number of esters is 2. The van der Waals surface area contributed by atoms with Crippen molar-refractivity contribution in [1.29, 1.82) is 0 Å². The summed E-state index contributed by atoms with van der Waals surface area (Å²) in [6.07, 6.45) is 14.2. The highest BCUT2D eigenvalue weighted by molar-refractivity contribution is 5.88. The minimum absolute atomic E-state index is 0.00162. The zero-order chi connectivity index (χ0) is 31.0. The van der Waals surface area contributed by atoms with Crippen LogP contribution in [-0.2, 0) is 47.8 Å². The Bertz CT molecular complexity index is 1040. The van der Waals surface area contributed by atoms with Crippen molar-refractivity contribution in [1.82, 2.24) is 0 Å². The maximum atomic E-state index is 11.9. The fourth-order valence-corrected chi connectivity index (χ4v) is 5.89. The van der Waals surface area contributed by atoms with Gasteiger partial charge < -0.3 is 24.1 Å². The molecule has 2 unspecified atom stereocenters. The highest BCUT2D eigenvalue weighted by Crippen LogP contribution is 2.31. The Morgan fingerprint density at radius 3 is 2.37 bits per heavy atom. The lowest BCUT2D eigenvalue weighted by Crippen LogP contribution is -2.32. The molecule has 43 heavy (non-hydrogen) atoms. The molecule has 1 fully saturated rings. The Hall–Kier alpha value is -2.48. The Kier molecular flexibility index (Phi) is 15.5. The molecule has 2 atom stereocenters. The minimum atomic E-state index is -0.641. The van der Waals surface area contributed by atoms with E-state index >= 15 is 0 Å². The highest BCUT2D eigenvalue weighted by atomic mass is 16.7. The van der Waals surface area contributed by atoms with E-state index in [4.69, 9.17) is 24.1 Å². The molecule has 1 aromatic rings. The molecule has 7 nitrogen and oxygen atoms in total. The van der Waals surface area contributed by atoms with E-state index < -0.39 is 18.5 Å². The van der Waals surface area contributed by atoms with Gasteiger partial charge in [-0.15, -0.1) is 0 Å². The van der Waals surface area contributed by atoms with Gasteiger partial charge in [0.25, 0.3) is 0 Å². The zero-order valence-corrected chi connectivity index (χ0v) is 26.6. The third-order valence-electron chi connectivity index (χ3n) is 8.72. The van der Waals surface area contributed by atoms with E-state index in [1.807, 2.05) is 0 Å². The Morgan fingerprint density at radius 1 is 0.953 bits per heavy atom. The van der Waals surface area contributed by atoms with Crippen LogP contribution in [0.3, 0.4) is 0 Å². The summed E-state index contributed by atoms with van der Waals surface area (Å²) < 4.78 is 22.7. The molecule has 1 aliphatic heterocycles. The summed E-state index contributed by atoms with van der Waals surface area (Å²) in [6.45, 7) is 12.2. The van der Waals surface area contributed by atoms with Crippen molar-refractivity contribution >= 4 is 11.9 Å². The Morgan fingerprint density at radius 2 is 1.67 bits per heavy atom. The van der Waals surface area contributed by atoms with Gasteiger partial charge in [-0.2, -0.15) is 0 Å². The smallest absolute Gasteiger partial charge is 0.335 e. The SMILES string of the molecule is C=C(C)C(=O)OCC(CCCCC1OCC(CCC2CCc3cc(CCCCC)ccc3C2)CO1)COC(=O)C(=C)CO. The molecule has 0 aromatic heterocycles. The van der Waals surface area contributed by atoms with E-state index in [9.17, 15) is 9.59 Å². The van der Waals surface area contributed by atoms with E-state index in [2.05, 4.69) is 38.3 Å². The van der Waals surface area contributed by atoms with Gasteiger partial charge in [-0.3, -0.25) is 0 Å². The van der Waals surface area contributed by atoms with Crippen LogP contribution in [0.5, 0.6) is 0 Å². The van der Waals surface area contributed by atoms with Crippen LogP contribution in [0.2, 0.25) is 0 Å². The minimum Gasteiger partial charge on any atom is -0.462 e. The third-order valence-corrected chi connectivity index (χ3v) is 8.72. The number of aliphatic hydroxyl groups is 1. The molecule has 3 rings (SSSR count). The molecule has 1 aliphatic carbocycles. The summed E-state index contributed by atoms with van der Waals surface area (Å²) in [5.41, 5.74) is 4.96. The van der Waals surface area contributed by atoms with Gasteiger partial charge in [-0.1, -0.05) is 57.5 Å². The van der Waals surface area contributed by atoms with Crippen molar-refractivity contribution in [2.45, 2.75) is 104 Å². The zero-order valence-electron chi connectivity index (χ0n) is 26.6. The summed E-state index contributed by atoms with van der Waals surface area (Å²) in [5.74, 6) is -0.0583. The van der Waals surface area contributed by atoms with Crippen LogP contribution in [0, 0.1) is 17.8 Å². The maximum absolute atomic E-state index is 11.9. The number of rotatable bonds is 19. The van der Waals surface area contributed by atoms with Crippen LogP contribution in [0.15, 0.2) is 42.5 Å². The highest BCUT2D eigenvalue weighted by Gasteiger charge is 2.25. The van der Waals surface area contributed by atoms with Gasteiger partial charge in [-0.25, -0.2) is 9.59 Å². The number of ether oxygens (including phenoxy) is 4. The largest absolute Gasteiger partial charge is 0.462 e. The molecule has 1 heterocycles. The molecular weight excluding hydrogens is 544 g/mol. The first kappa shape index (κ1) is 35.0. The summed E-state index contributed by atoms with van der Waals surface area (Å²) in [5, 5.41) is 9.07. The number of hydrogen-bond donors (Lipinski definition) is 1. The van der Waals surface area contributed by atoms with Crippen LogP contribution < -0.4 is 0 Å². The number of aryl methyl sites for hydroxylation is 2. The molecule has 0 bridgehead atoms. The average Bonchev–Trinajstić information content (AvgIpc) is 3.02. The van der Waals surface area contributed by atoms with Crippen LogP contribution in [-0.4, -0.2) is 56.4 Å². The fourth-order valence-electron chi connectivity index (χ4n) is 5.89. The molecular formula is C36H54O7. The predicted octanol–water partition coefficient (Wildman–Crippen LogP) is 6.68. The van der Waals surface area contributed by atoms with Gasteiger partial charge in [0.2, 0.25) is 0 Å². The number of benzene rings is 1. The maximum Gasteiger partial charge on any atom is 0.335 e. The Balaban J connectivity index is 1.31. The van der Waals surface area contributed by atoms with Gasteiger partial charge in [0.1, 0.15) is 0 Å². The number of aliphatic hydroxyl groups excluding tert-OH is 1. The fraction of sp³-hybridized carbons (Fsp3) is 0.667. The van der Waals surface area contributed by atoms with Crippen molar-refractivity contribution < 1.29 is 33.6 Å². The second-order valence-corrected chi connectivity index (χ2v) is 12.6. The quantitative estimate of drug-likeness (QED) is 0.108. The number of hydrogen-bond acceptors (Lipinski definition) is 7. The lowest BCUT2D eigenvalue weighted by atomic mass is 9.80. The first-order chi connectivity index (χ1) is 20.8. The standard InChI is InChI=1S/C36H54O7/c1-5-6-7-10-28-15-17-33-20-29(16-18-32(33)19-28)13-14-31-22-40-34(41-23-31)12-9-8-11-30(24-42-35(38)26(2)3)25-43-36(39)27(4)21-37/h15,17,19,29-31,34,37H,2,4-14,16,18,20-25H2,1,3H3. The van der Waals surface area contributed by atoms with E-state index in [0.717, 1.165) is 44.8 Å². The van der Waals surface area contributed by atoms with Crippen LogP contribution in [0.4, 0.5) is 0 Å². The van der Waals surface area contributed by atoms with Crippen LogP contribution in [0.1, 0.15) is 94.7 Å². The van der Waals surface area contributed by atoms with Crippen molar-refractivity contribution in [3.05, 3.63) is 59.2 Å². The Labute approximate surface area is 259 Å². The van der Waals surface area contributed by atoms with Gasteiger partial charge in [0.15, 0.2) is 6.29 Å². The normalized spacial score (nSPS) is 20.6. The number of carbonyl (C=O) groups excluding carboxylic acids is 2. The average molecular weight is 599 g/mol. The molecule has 1 N–H and O–H groups in total. The van der Waals surface area contributed by atoms with Crippen LogP contribution >= 0.6 is 0 Å². The van der Waals surface area contributed by atoms with Gasteiger partial charge >= 0.3 is 11.9 Å². The second kappa shape index (κ2) is 19.0. The van der Waals surface area contributed by atoms with E-state index in [1.54, 1.807) is 18.1 Å². The lowest BCUT2D eigenvalue weighted by molar-refractivity contribution is -0.204.